The van der Waals surface area contributed by atoms with Gasteiger partial charge in [0, 0.05) is 18.1 Å². The molecule has 0 bridgehead atoms. The number of benzene rings is 1. The van der Waals surface area contributed by atoms with E-state index in [1.165, 1.54) is 0 Å². The van der Waals surface area contributed by atoms with Crippen LogP contribution < -0.4 is 16.4 Å². The van der Waals surface area contributed by atoms with Gasteiger partial charge in [0.25, 0.3) is 0 Å². The van der Waals surface area contributed by atoms with Crippen molar-refractivity contribution in [2.24, 2.45) is 5.73 Å². The molecule has 0 saturated heterocycles. The number of rotatable bonds is 7. The number of hydrogen-bond acceptors (Lipinski definition) is 4. The highest BCUT2D eigenvalue weighted by Crippen LogP contribution is 2.10. The first kappa shape index (κ1) is 20.3. The van der Waals surface area contributed by atoms with Crippen LogP contribution in [-0.4, -0.2) is 30.2 Å². The maximum atomic E-state index is 11.9. The van der Waals surface area contributed by atoms with Crippen LogP contribution in [0.5, 0.6) is 0 Å². The molecular weight excluding hydrogens is 330 g/mol. The second-order valence-electron chi connectivity index (χ2n) is 6.53. The zero-order valence-electron chi connectivity index (χ0n) is 14.4. The van der Waals surface area contributed by atoms with E-state index < -0.39 is 17.7 Å². The van der Waals surface area contributed by atoms with Crippen LogP contribution in [0, 0.1) is 0 Å². The first-order valence-corrected chi connectivity index (χ1v) is 8.30. The predicted molar refractivity (Wildman–Crippen MR) is 94.7 cm³/mol. The largest absolute Gasteiger partial charge is 0.444 e. The zero-order valence-corrected chi connectivity index (χ0v) is 15.2. The fraction of sp³-hybridized carbons (Fsp3) is 0.529. The Balaban J connectivity index is 2.21. The van der Waals surface area contributed by atoms with E-state index in [9.17, 15) is 9.59 Å². The number of carbonyl (C=O) groups is 2. The van der Waals surface area contributed by atoms with Gasteiger partial charge in [-0.15, -0.1) is 0 Å². The molecule has 0 spiro atoms. The molecule has 1 aromatic rings. The number of carbonyl (C=O) groups excluding carboxylic acids is 2. The smallest absolute Gasteiger partial charge is 0.407 e. The Bertz CT molecular complexity index is 558. The minimum atomic E-state index is -0.621. The Kier molecular flexibility index (Phi) is 8.01. The second-order valence-corrected chi connectivity index (χ2v) is 6.96. The van der Waals surface area contributed by atoms with Gasteiger partial charge in [-0.3, -0.25) is 4.79 Å². The minimum absolute atomic E-state index is 0.229. The van der Waals surface area contributed by atoms with E-state index in [-0.39, 0.29) is 5.91 Å². The first-order valence-electron chi connectivity index (χ1n) is 7.92. The van der Waals surface area contributed by atoms with Crippen molar-refractivity contribution in [3.8, 4) is 0 Å². The van der Waals surface area contributed by atoms with Crippen LogP contribution >= 0.6 is 11.6 Å². The number of amides is 2. The van der Waals surface area contributed by atoms with Gasteiger partial charge in [-0.2, -0.15) is 0 Å². The molecule has 0 radical (unpaired) electrons. The van der Waals surface area contributed by atoms with Crippen molar-refractivity contribution < 1.29 is 14.3 Å². The molecule has 0 aliphatic carbocycles. The summed E-state index contributed by atoms with van der Waals surface area (Å²) in [5.74, 6) is -0.229. The zero-order chi connectivity index (χ0) is 18.2. The van der Waals surface area contributed by atoms with E-state index in [1.54, 1.807) is 32.9 Å². The van der Waals surface area contributed by atoms with Gasteiger partial charge >= 0.3 is 6.09 Å². The topological polar surface area (TPSA) is 93.4 Å². The summed E-state index contributed by atoms with van der Waals surface area (Å²) in [6, 6.07) is 6.65. The summed E-state index contributed by atoms with van der Waals surface area (Å²) < 4.78 is 5.12. The molecule has 7 heteroatoms. The molecule has 0 aromatic heterocycles. The molecule has 0 heterocycles. The Labute approximate surface area is 148 Å². The van der Waals surface area contributed by atoms with Crippen molar-refractivity contribution in [1.29, 1.82) is 0 Å². The van der Waals surface area contributed by atoms with Crippen LogP contribution in [-0.2, 0) is 16.1 Å². The van der Waals surface area contributed by atoms with Crippen LogP contribution in [0.25, 0.3) is 0 Å². The average molecular weight is 356 g/mol. The fourth-order valence-corrected chi connectivity index (χ4v) is 2.14. The van der Waals surface area contributed by atoms with Crippen LogP contribution in [0.3, 0.4) is 0 Å². The summed E-state index contributed by atoms with van der Waals surface area (Å²) >= 11 is 5.89. The van der Waals surface area contributed by atoms with Gasteiger partial charge in [-0.05, 0) is 51.3 Å². The lowest BCUT2D eigenvalue weighted by Gasteiger charge is -2.19. The number of nitrogens with two attached hydrogens (primary N) is 1. The van der Waals surface area contributed by atoms with Crippen molar-refractivity contribution in [1.82, 2.24) is 10.6 Å². The maximum absolute atomic E-state index is 11.9. The summed E-state index contributed by atoms with van der Waals surface area (Å²) in [7, 11) is 0. The van der Waals surface area contributed by atoms with E-state index in [4.69, 9.17) is 22.1 Å². The summed E-state index contributed by atoms with van der Waals surface area (Å²) in [4.78, 5) is 23.4. The van der Waals surface area contributed by atoms with Crippen molar-refractivity contribution in [3.05, 3.63) is 34.9 Å². The molecule has 0 aliphatic rings. The molecular formula is C17H26ClN3O3. The van der Waals surface area contributed by atoms with Crippen molar-refractivity contribution in [3.63, 3.8) is 0 Å². The fourth-order valence-electron chi connectivity index (χ4n) is 1.92. The lowest BCUT2D eigenvalue weighted by molar-refractivity contribution is -0.122. The molecule has 4 N–H and O–H groups in total. The van der Waals surface area contributed by atoms with E-state index >= 15 is 0 Å². The third kappa shape index (κ3) is 8.74. The van der Waals surface area contributed by atoms with Crippen LogP contribution in [0.4, 0.5) is 4.79 Å². The quantitative estimate of drug-likeness (QED) is 0.655. The number of hydrogen-bond donors (Lipinski definition) is 3. The summed E-state index contributed by atoms with van der Waals surface area (Å²) in [5, 5.41) is 6.03. The van der Waals surface area contributed by atoms with E-state index in [0.717, 1.165) is 5.56 Å². The van der Waals surface area contributed by atoms with Crippen LogP contribution in [0.15, 0.2) is 24.3 Å². The third-order valence-electron chi connectivity index (χ3n) is 3.05. The second kappa shape index (κ2) is 9.49. The lowest BCUT2D eigenvalue weighted by Crippen LogP contribution is -2.41. The standard InChI is InChI=1S/C17H26ClN3O3/c1-17(2,3)24-16(23)20-9-5-8-14(19)15(22)21-11-12-6-4-7-13(18)10-12/h4,6-7,10,14H,5,8-9,11,19H2,1-3H3,(H,20,23)(H,21,22). The van der Waals surface area contributed by atoms with Crippen LogP contribution in [0.1, 0.15) is 39.2 Å². The molecule has 0 saturated carbocycles. The Morgan fingerprint density at radius 1 is 1.29 bits per heavy atom. The average Bonchev–Trinajstić information content (AvgIpc) is 2.47. The molecule has 6 nitrogen and oxygen atoms in total. The SMILES string of the molecule is CC(C)(C)OC(=O)NCCCC(N)C(=O)NCc1cccc(Cl)c1. The van der Waals surface area contributed by atoms with E-state index in [1.807, 2.05) is 12.1 Å². The number of nitrogens with one attached hydrogen (secondary N) is 2. The highest BCUT2D eigenvalue weighted by atomic mass is 35.5. The predicted octanol–water partition coefficient (Wildman–Crippen LogP) is 2.59. The Morgan fingerprint density at radius 3 is 2.62 bits per heavy atom. The van der Waals surface area contributed by atoms with E-state index in [0.29, 0.717) is 31.0 Å². The molecule has 1 atom stereocenters. The summed E-state index contributed by atoms with van der Waals surface area (Å²) in [5.41, 5.74) is 6.23. The summed E-state index contributed by atoms with van der Waals surface area (Å²) in [6.07, 6.45) is 0.587. The normalized spacial score (nSPS) is 12.4. The Morgan fingerprint density at radius 2 is 2.00 bits per heavy atom. The maximum Gasteiger partial charge on any atom is 0.407 e. The van der Waals surface area contributed by atoms with Gasteiger partial charge in [-0.25, -0.2) is 4.79 Å². The molecule has 1 rings (SSSR count). The van der Waals surface area contributed by atoms with Gasteiger partial charge < -0.3 is 21.1 Å². The molecule has 2 amide bonds. The Hall–Kier alpha value is -1.79. The number of ether oxygens (including phenoxy) is 1. The number of alkyl carbamates (subject to hydrolysis) is 1. The van der Waals surface area contributed by atoms with Crippen molar-refractivity contribution in [2.45, 2.75) is 51.8 Å². The van der Waals surface area contributed by atoms with Gasteiger partial charge in [0.15, 0.2) is 0 Å². The minimum Gasteiger partial charge on any atom is -0.444 e. The van der Waals surface area contributed by atoms with Crippen molar-refractivity contribution in [2.75, 3.05) is 6.54 Å². The highest BCUT2D eigenvalue weighted by Gasteiger charge is 2.16. The molecule has 0 aliphatic heterocycles. The first-order chi connectivity index (χ1) is 11.2. The molecule has 134 valence electrons. The highest BCUT2D eigenvalue weighted by molar-refractivity contribution is 6.30. The van der Waals surface area contributed by atoms with Crippen LogP contribution in [0.2, 0.25) is 5.02 Å². The van der Waals surface area contributed by atoms with Gasteiger partial charge in [0.05, 0.1) is 6.04 Å². The lowest BCUT2D eigenvalue weighted by atomic mass is 10.1. The molecule has 1 aromatic carbocycles. The van der Waals surface area contributed by atoms with Gasteiger partial charge in [-0.1, -0.05) is 23.7 Å². The number of halogens is 1. The third-order valence-corrected chi connectivity index (χ3v) is 3.29. The molecule has 0 fully saturated rings. The summed E-state index contributed by atoms with van der Waals surface area (Å²) in [6.45, 7) is 6.18. The molecule has 1 unspecified atom stereocenters. The molecule has 24 heavy (non-hydrogen) atoms. The monoisotopic (exact) mass is 355 g/mol. The van der Waals surface area contributed by atoms with Gasteiger partial charge in [0.2, 0.25) is 5.91 Å². The van der Waals surface area contributed by atoms with Gasteiger partial charge in [0.1, 0.15) is 5.60 Å². The van der Waals surface area contributed by atoms with E-state index in [2.05, 4.69) is 10.6 Å². The van der Waals surface area contributed by atoms with Crippen molar-refractivity contribution >= 4 is 23.6 Å².